The zero-order valence-corrected chi connectivity index (χ0v) is 16.5. The lowest BCUT2D eigenvalue weighted by molar-refractivity contribution is -0.292. The summed E-state index contributed by atoms with van der Waals surface area (Å²) < 4.78 is 16.3. The van der Waals surface area contributed by atoms with Crippen LogP contribution in [0.5, 0.6) is 5.75 Å². The van der Waals surface area contributed by atoms with Crippen molar-refractivity contribution >= 4 is 11.0 Å². The molecule has 2 aromatic carbocycles. The van der Waals surface area contributed by atoms with E-state index in [-0.39, 0.29) is 27.9 Å². The number of methoxy groups -OCH3 is 1. The molecule has 0 aliphatic carbocycles. The van der Waals surface area contributed by atoms with Crippen molar-refractivity contribution < 1.29 is 39.4 Å². The maximum atomic E-state index is 12.8. The van der Waals surface area contributed by atoms with Gasteiger partial charge in [-0.05, 0) is 11.6 Å². The number of rotatable bonds is 4. The first-order chi connectivity index (χ1) is 14.9. The van der Waals surface area contributed by atoms with Crippen molar-refractivity contribution in [3.8, 4) is 17.1 Å². The molecule has 31 heavy (non-hydrogen) atoms. The number of hydrogen-bond acceptors (Lipinski definition) is 9. The summed E-state index contributed by atoms with van der Waals surface area (Å²) in [7, 11) is 1.24. The number of benzene rings is 2. The molecule has 1 aromatic heterocycles. The molecule has 0 bridgehead atoms. The number of aromatic hydroxyl groups is 1. The zero-order valence-electron chi connectivity index (χ0n) is 16.5. The lowest BCUT2D eigenvalue weighted by atomic mass is 9.89. The molecule has 1 aliphatic heterocycles. The van der Waals surface area contributed by atoms with E-state index in [1.165, 1.54) is 19.2 Å². The van der Waals surface area contributed by atoms with Crippen molar-refractivity contribution in [2.45, 2.75) is 37.3 Å². The lowest BCUT2D eigenvalue weighted by Gasteiger charge is -2.40. The smallest absolute Gasteiger partial charge is 0.197 e. The molecule has 5 N–H and O–H groups in total. The van der Waals surface area contributed by atoms with E-state index in [4.69, 9.17) is 13.9 Å². The summed E-state index contributed by atoms with van der Waals surface area (Å²) in [6.07, 6.45) is -7.53. The molecule has 1 fully saturated rings. The van der Waals surface area contributed by atoms with E-state index in [2.05, 4.69) is 0 Å². The second kappa shape index (κ2) is 8.39. The highest BCUT2D eigenvalue weighted by Gasteiger charge is 2.46. The van der Waals surface area contributed by atoms with Crippen LogP contribution in [0, 0.1) is 0 Å². The second-order valence-corrected chi connectivity index (χ2v) is 7.30. The normalized spacial score (nSPS) is 26.3. The van der Waals surface area contributed by atoms with Crippen LogP contribution in [0.4, 0.5) is 0 Å². The maximum Gasteiger partial charge on any atom is 0.197 e. The van der Waals surface area contributed by atoms with E-state index < -0.39 is 48.5 Å². The summed E-state index contributed by atoms with van der Waals surface area (Å²) in [6.45, 7) is -0.582. The van der Waals surface area contributed by atoms with Gasteiger partial charge in [-0.3, -0.25) is 4.79 Å². The van der Waals surface area contributed by atoms with Crippen molar-refractivity contribution in [2.24, 2.45) is 0 Å². The first-order valence-corrected chi connectivity index (χ1v) is 9.58. The van der Waals surface area contributed by atoms with Crippen molar-refractivity contribution in [1.82, 2.24) is 0 Å². The number of phenolic OH excluding ortho intramolecular Hbond substituents is 1. The van der Waals surface area contributed by atoms with Crippen LogP contribution < -0.4 is 5.43 Å². The predicted molar refractivity (Wildman–Crippen MR) is 108 cm³/mol. The molecule has 0 saturated carbocycles. The molecule has 0 spiro atoms. The standard InChI is InChI=1S/C22H22O9/c1-29-22-20(28)18(26)19(27)21(31-22)15-11(9-23)7-14-16(17(15)25)12(24)8-13(30-14)10-5-3-2-4-6-10/h2-8,18-23,25-28H,9H2,1H3. The van der Waals surface area contributed by atoms with Gasteiger partial charge in [0.15, 0.2) is 11.7 Å². The minimum Gasteiger partial charge on any atom is -0.507 e. The van der Waals surface area contributed by atoms with Crippen LogP contribution in [0.15, 0.2) is 51.7 Å². The Morgan fingerprint density at radius 2 is 1.74 bits per heavy atom. The van der Waals surface area contributed by atoms with E-state index in [1.54, 1.807) is 24.3 Å². The summed E-state index contributed by atoms with van der Waals surface area (Å²) in [5, 5.41) is 51.3. The highest BCUT2D eigenvalue weighted by atomic mass is 16.7. The van der Waals surface area contributed by atoms with E-state index in [9.17, 15) is 30.3 Å². The molecule has 9 nitrogen and oxygen atoms in total. The SMILES string of the molecule is COC1OC(c2c(CO)cc3oc(-c4ccccc4)cc(=O)c3c2O)C(O)C(O)C1O. The molecule has 2 heterocycles. The van der Waals surface area contributed by atoms with Crippen molar-refractivity contribution in [1.29, 1.82) is 0 Å². The molecule has 4 rings (SSSR count). The van der Waals surface area contributed by atoms with Gasteiger partial charge in [0.2, 0.25) is 0 Å². The fourth-order valence-corrected chi connectivity index (χ4v) is 3.84. The Morgan fingerprint density at radius 1 is 1.03 bits per heavy atom. The maximum absolute atomic E-state index is 12.8. The molecule has 164 valence electrons. The fourth-order valence-electron chi connectivity index (χ4n) is 3.84. The average Bonchev–Trinajstić information content (AvgIpc) is 2.78. The largest absolute Gasteiger partial charge is 0.507 e. The second-order valence-electron chi connectivity index (χ2n) is 7.30. The molecule has 5 atom stereocenters. The molecular formula is C22H22O9. The highest BCUT2D eigenvalue weighted by molar-refractivity contribution is 5.87. The summed E-state index contributed by atoms with van der Waals surface area (Å²) in [5.74, 6) is -0.279. The first kappa shape index (κ1) is 21.4. The molecule has 9 heteroatoms. The van der Waals surface area contributed by atoms with Crippen LogP contribution in [-0.4, -0.2) is 57.2 Å². The Morgan fingerprint density at radius 3 is 2.39 bits per heavy atom. The van der Waals surface area contributed by atoms with Crippen LogP contribution in [0.1, 0.15) is 17.2 Å². The predicted octanol–water partition coefficient (Wildman–Crippen LogP) is 0.784. The molecule has 0 amide bonds. The van der Waals surface area contributed by atoms with E-state index in [1.807, 2.05) is 6.07 Å². The number of phenols is 1. The Balaban J connectivity index is 1.90. The van der Waals surface area contributed by atoms with Gasteiger partial charge in [0.25, 0.3) is 0 Å². The molecule has 1 aliphatic rings. The van der Waals surface area contributed by atoms with E-state index in [0.29, 0.717) is 5.56 Å². The highest BCUT2D eigenvalue weighted by Crippen LogP contribution is 2.42. The summed E-state index contributed by atoms with van der Waals surface area (Å²) in [4.78, 5) is 12.8. The van der Waals surface area contributed by atoms with E-state index >= 15 is 0 Å². The van der Waals surface area contributed by atoms with Crippen LogP contribution in [0.25, 0.3) is 22.3 Å². The minimum atomic E-state index is -1.66. The topological polar surface area (TPSA) is 150 Å². The van der Waals surface area contributed by atoms with Crippen LogP contribution in [0.2, 0.25) is 0 Å². The van der Waals surface area contributed by atoms with Gasteiger partial charge in [0.1, 0.15) is 46.9 Å². The van der Waals surface area contributed by atoms with Gasteiger partial charge >= 0.3 is 0 Å². The van der Waals surface area contributed by atoms with Gasteiger partial charge in [-0.25, -0.2) is 0 Å². The summed E-state index contributed by atoms with van der Waals surface area (Å²) in [5.41, 5.74) is 0.154. The van der Waals surface area contributed by atoms with Gasteiger partial charge in [-0.1, -0.05) is 30.3 Å². The Bertz CT molecular complexity index is 1140. The van der Waals surface area contributed by atoms with Crippen molar-refractivity contribution in [3.63, 3.8) is 0 Å². The number of fused-ring (bicyclic) bond motifs is 1. The summed E-state index contributed by atoms with van der Waals surface area (Å²) in [6, 6.07) is 11.5. The number of aliphatic hydroxyl groups is 4. The van der Waals surface area contributed by atoms with Gasteiger partial charge in [-0.2, -0.15) is 0 Å². The first-order valence-electron chi connectivity index (χ1n) is 9.58. The van der Waals surface area contributed by atoms with Crippen LogP contribution in [-0.2, 0) is 16.1 Å². The third-order valence-electron chi connectivity index (χ3n) is 5.43. The Kier molecular flexibility index (Phi) is 5.80. The fraction of sp³-hybridized carbons (Fsp3) is 0.318. The monoisotopic (exact) mass is 430 g/mol. The van der Waals surface area contributed by atoms with Gasteiger partial charge in [0.05, 0.1) is 6.61 Å². The van der Waals surface area contributed by atoms with Gasteiger partial charge in [-0.15, -0.1) is 0 Å². The minimum absolute atomic E-state index is 0.0332. The average molecular weight is 430 g/mol. The number of hydrogen-bond donors (Lipinski definition) is 5. The molecular weight excluding hydrogens is 408 g/mol. The van der Waals surface area contributed by atoms with E-state index in [0.717, 1.165) is 0 Å². The summed E-state index contributed by atoms with van der Waals surface area (Å²) >= 11 is 0. The third kappa shape index (κ3) is 3.61. The van der Waals surface area contributed by atoms with Gasteiger partial charge in [0, 0.05) is 24.3 Å². The molecule has 1 saturated heterocycles. The molecule has 0 radical (unpaired) electrons. The number of ether oxygens (including phenoxy) is 2. The zero-order chi connectivity index (χ0) is 22.3. The molecule has 5 unspecified atom stereocenters. The van der Waals surface area contributed by atoms with Crippen molar-refractivity contribution in [3.05, 3.63) is 63.8 Å². The Labute approximate surface area is 176 Å². The van der Waals surface area contributed by atoms with Crippen LogP contribution >= 0.6 is 0 Å². The Hall–Kier alpha value is -2.79. The third-order valence-corrected chi connectivity index (χ3v) is 5.43. The van der Waals surface area contributed by atoms with Gasteiger partial charge < -0.3 is 39.4 Å². The van der Waals surface area contributed by atoms with Crippen molar-refractivity contribution in [2.75, 3.05) is 7.11 Å². The quantitative estimate of drug-likeness (QED) is 0.405. The van der Waals surface area contributed by atoms with Crippen LogP contribution in [0.3, 0.4) is 0 Å². The number of aliphatic hydroxyl groups excluding tert-OH is 4. The molecule has 3 aromatic rings. The lowest BCUT2D eigenvalue weighted by Crippen LogP contribution is -2.54.